The molecule has 90 valence electrons. The molecule has 0 amide bonds. The number of carboxylic acids is 1. The maximum Gasteiger partial charge on any atom is 0.303 e. The molecule has 0 saturated carbocycles. The van der Waals surface area contributed by atoms with Crippen molar-refractivity contribution in [3.05, 3.63) is 0 Å². The van der Waals surface area contributed by atoms with Crippen LogP contribution in [0.25, 0.3) is 0 Å². The Bertz CT molecular complexity index is 157. The normalized spacial score (nSPS) is 12.7. The third-order valence-electron chi connectivity index (χ3n) is 2.41. The van der Waals surface area contributed by atoms with Crippen LogP contribution in [0, 0.1) is 0 Å². The highest BCUT2D eigenvalue weighted by molar-refractivity contribution is 5.66. The van der Waals surface area contributed by atoms with E-state index in [0.29, 0.717) is 6.42 Å². The molecule has 1 N–H and O–H groups in total. The summed E-state index contributed by atoms with van der Waals surface area (Å²) in [5.41, 5.74) is 0. The molecule has 0 saturated heterocycles. The zero-order chi connectivity index (χ0) is 11.5. The minimum atomic E-state index is -0.742. The van der Waals surface area contributed by atoms with Gasteiger partial charge in [0, 0.05) is 13.0 Å². The monoisotopic (exact) mass is 216 g/mol. The number of rotatable bonds is 10. The second-order valence-electron chi connectivity index (χ2n) is 4.03. The SMILES string of the molecule is CCCCCCCOC(C)CCC(=O)O. The van der Waals surface area contributed by atoms with E-state index in [4.69, 9.17) is 9.84 Å². The number of hydrogen-bond donors (Lipinski definition) is 1. The zero-order valence-electron chi connectivity index (χ0n) is 10.00. The molecule has 0 aromatic heterocycles. The lowest BCUT2D eigenvalue weighted by Crippen LogP contribution is -2.11. The number of aliphatic carboxylic acids is 1. The van der Waals surface area contributed by atoms with Crippen LogP contribution in [0.5, 0.6) is 0 Å². The lowest BCUT2D eigenvalue weighted by molar-refractivity contribution is -0.137. The Morgan fingerprint density at radius 3 is 2.53 bits per heavy atom. The lowest BCUT2D eigenvalue weighted by Gasteiger charge is -2.11. The van der Waals surface area contributed by atoms with Crippen molar-refractivity contribution in [2.45, 2.75) is 64.9 Å². The van der Waals surface area contributed by atoms with Gasteiger partial charge in [-0.2, -0.15) is 0 Å². The molecule has 0 radical (unpaired) electrons. The van der Waals surface area contributed by atoms with Gasteiger partial charge in [-0.05, 0) is 19.8 Å². The van der Waals surface area contributed by atoms with E-state index in [-0.39, 0.29) is 12.5 Å². The molecule has 1 unspecified atom stereocenters. The summed E-state index contributed by atoms with van der Waals surface area (Å²) in [5, 5.41) is 8.48. The van der Waals surface area contributed by atoms with Crippen molar-refractivity contribution < 1.29 is 14.6 Å². The number of carboxylic acid groups (broad SMARTS) is 1. The summed E-state index contributed by atoms with van der Waals surface area (Å²) in [4.78, 5) is 10.3. The van der Waals surface area contributed by atoms with Gasteiger partial charge in [-0.1, -0.05) is 32.6 Å². The standard InChI is InChI=1S/C12H24O3/c1-3-4-5-6-7-10-15-11(2)8-9-12(13)14/h11H,3-10H2,1-2H3,(H,13,14). The van der Waals surface area contributed by atoms with Crippen LogP contribution in [0.2, 0.25) is 0 Å². The Morgan fingerprint density at radius 1 is 1.27 bits per heavy atom. The average Bonchev–Trinajstić information content (AvgIpc) is 2.20. The van der Waals surface area contributed by atoms with Crippen molar-refractivity contribution in [1.29, 1.82) is 0 Å². The van der Waals surface area contributed by atoms with Gasteiger partial charge in [0.1, 0.15) is 0 Å². The van der Waals surface area contributed by atoms with E-state index < -0.39 is 5.97 Å². The molecule has 3 nitrogen and oxygen atoms in total. The van der Waals surface area contributed by atoms with Gasteiger partial charge in [0.2, 0.25) is 0 Å². The van der Waals surface area contributed by atoms with Crippen molar-refractivity contribution in [2.75, 3.05) is 6.61 Å². The Kier molecular flexibility index (Phi) is 9.59. The first kappa shape index (κ1) is 14.4. The van der Waals surface area contributed by atoms with E-state index in [2.05, 4.69) is 6.92 Å². The van der Waals surface area contributed by atoms with E-state index in [1.54, 1.807) is 0 Å². The highest BCUT2D eigenvalue weighted by Crippen LogP contribution is 2.06. The van der Waals surface area contributed by atoms with Crippen molar-refractivity contribution in [2.24, 2.45) is 0 Å². The lowest BCUT2D eigenvalue weighted by atomic mass is 10.1. The molecular weight excluding hydrogens is 192 g/mol. The Balaban J connectivity index is 3.16. The van der Waals surface area contributed by atoms with Crippen molar-refractivity contribution in [3.8, 4) is 0 Å². The molecule has 0 aromatic rings. The van der Waals surface area contributed by atoms with Gasteiger partial charge >= 0.3 is 5.97 Å². The van der Waals surface area contributed by atoms with Gasteiger partial charge in [-0.15, -0.1) is 0 Å². The fourth-order valence-electron chi connectivity index (χ4n) is 1.40. The van der Waals surface area contributed by atoms with Crippen LogP contribution < -0.4 is 0 Å². The highest BCUT2D eigenvalue weighted by atomic mass is 16.5. The smallest absolute Gasteiger partial charge is 0.303 e. The van der Waals surface area contributed by atoms with Crippen molar-refractivity contribution >= 4 is 5.97 Å². The van der Waals surface area contributed by atoms with Crippen molar-refractivity contribution in [3.63, 3.8) is 0 Å². The predicted molar refractivity (Wildman–Crippen MR) is 61.0 cm³/mol. The summed E-state index contributed by atoms with van der Waals surface area (Å²) < 4.78 is 5.51. The van der Waals surface area contributed by atoms with Crippen LogP contribution in [-0.4, -0.2) is 23.8 Å². The molecule has 0 aliphatic carbocycles. The number of carbonyl (C=O) groups is 1. The largest absolute Gasteiger partial charge is 0.481 e. The van der Waals surface area contributed by atoms with Gasteiger partial charge in [-0.25, -0.2) is 0 Å². The van der Waals surface area contributed by atoms with Crippen LogP contribution >= 0.6 is 0 Å². The van der Waals surface area contributed by atoms with E-state index in [9.17, 15) is 4.79 Å². The van der Waals surface area contributed by atoms with Crippen LogP contribution in [0.3, 0.4) is 0 Å². The Hall–Kier alpha value is -0.570. The van der Waals surface area contributed by atoms with Crippen LogP contribution in [0.1, 0.15) is 58.8 Å². The zero-order valence-corrected chi connectivity index (χ0v) is 10.00. The second-order valence-corrected chi connectivity index (χ2v) is 4.03. The van der Waals surface area contributed by atoms with E-state index in [1.807, 2.05) is 6.92 Å². The van der Waals surface area contributed by atoms with E-state index in [0.717, 1.165) is 13.0 Å². The second kappa shape index (κ2) is 9.97. The molecule has 0 aromatic carbocycles. The summed E-state index contributed by atoms with van der Waals surface area (Å²) in [5.74, 6) is -0.742. The Labute approximate surface area is 92.8 Å². The maximum absolute atomic E-state index is 10.3. The van der Waals surface area contributed by atoms with Gasteiger partial charge < -0.3 is 9.84 Å². The summed E-state index contributed by atoms with van der Waals surface area (Å²) in [6.07, 6.45) is 7.05. The third kappa shape index (κ3) is 11.4. The van der Waals surface area contributed by atoms with Crippen LogP contribution in [0.4, 0.5) is 0 Å². The first-order valence-corrected chi connectivity index (χ1v) is 6.00. The molecule has 1 atom stereocenters. The average molecular weight is 216 g/mol. The molecule has 3 heteroatoms. The summed E-state index contributed by atoms with van der Waals surface area (Å²) in [6.45, 7) is 4.91. The van der Waals surface area contributed by atoms with Crippen LogP contribution in [0.15, 0.2) is 0 Å². The molecule has 0 aliphatic rings. The minimum Gasteiger partial charge on any atom is -0.481 e. The van der Waals surface area contributed by atoms with Gasteiger partial charge in [0.05, 0.1) is 6.10 Å². The first-order valence-electron chi connectivity index (χ1n) is 6.00. The number of ether oxygens (including phenoxy) is 1. The summed E-state index contributed by atoms with van der Waals surface area (Å²) in [6, 6.07) is 0. The molecule has 0 bridgehead atoms. The quantitative estimate of drug-likeness (QED) is 0.570. The fourth-order valence-corrected chi connectivity index (χ4v) is 1.40. The number of unbranched alkanes of at least 4 members (excludes halogenated alkanes) is 4. The molecular formula is C12H24O3. The van der Waals surface area contributed by atoms with Gasteiger partial charge in [0.15, 0.2) is 0 Å². The molecule has 0 rings (SSSR count). The fraction of sp³-hybridized carbons (Fsp3) is 0.917. The maximum atomic E-state index is 10.3. The first-order chi connectivity index (χ1) is 7.16. The van der Waals surface area contributed by atoms with Gasteiger partial charge in [-0.3, -0.25) is 4.79 Å². The number of hydrogen-bond acceptors (Lipinski definition) is 2. The topological polar surface area (TPSA) is 46.5 Å². The Morgan fingerprint density at radius 2 is 1.93 bits per heavy atom. The van der Waals surface area contributed by atoms with Crippen molar-refractivity contribution in [1.82, 2.24) is 0 Å². The third-order valence-corrected chi connectivity index (χ3v) is 2.41. The minimum absolute atomic E-state index is 0.0762. The molecule has 0 aliphatic heterocycles. The van der Waals surface area contributed by atoms with Crippen LogP contribution in [-0.2, 0) is 9.53 Å². The summed E-state index contributed by atoms with van der Waals surface area (Å²) in [7, 11) is 0. The van der Waals surface area contributed by atoms with E-state index in [1.165, 1.54) is 25.7 Å². The van der Waals surface area contributed by atoms with Gasteiger partial charge in [0.25, 0.3) is 0 Å². The van der Waals surface area contributed by atoms with E-state index >= 15 is 0 Å². The molecule has 15 heavy (non-hydrogen) atoms. The molecule has 0 heterocycles. The molecule has 0 fully saturated rings. The summed E-state index contributed by atoms with van der Waals surface area (Å²) >= 11 is 0. The predicted octanol–water partition coefficient (Wildman–Crippen LogP) is 3.23. The highest BCUT2D eigenvalue weighted by Gasteiger charge is 2.04. The molecule has 0 spiro atoms.